The van der Waals surface area contributed by atoms with Gasteiger partial charge in [0.1, 0.15) is 5.75 Å². The van der Waals surface area contributed by atoms with Gasteiger partial charge in [0.05, 0.1) is 22.8 Å². The zero-order valence-corrected chi connectivity index (χ0v) is 25.7. The molecule has 0 aromatic heterocycles. The Balaban J connectivity index is 1.29. The van der Waals surface area contributed by atoms with Crippen molar-refractivity contribution in [2.24, 2.45) is 0 Å². The van der Waals surface area contributed by atoms with Crippen LogP contribution in [0.3, 0.4) is 0 Å². The molecule has 6 nitrogen and oxygen atoms in total. The van der Waals surface area contributed by atoms with Crippen LogP contribution in [0, 0.1) is 6.92 Å². The third kappa shape index (κ3) is 7.99. The predicted molar refractivity (Wildman–Crippen MR) is 174 cm³/mol. The molecule has 0 radical (unpaired) electrons. The van der Waals surface area contributed by atoms with Crippen LogP contribution in [0.5, 0.6) is 5.75 Å². The van der Waals surface area contributed by atoms with Gasteiger partial charge in [-0.3, -0.25) is 9.10 Å². The molecule has 9 heteroatoms. The molecule has 0 spiro atoms. The summed E-state index contributed by atoms with van der Waals surface area (Å²) in [5, 5.41) is 3.49. The van der Waals surface area contributed by atoms with E-state index in [-0.39, 0.29) is 24.0 Å². The first-order valence-electron chi connectivity index (χ1n) is 13.5. The van der Waals surface area contributed by atoms with Crippen molar-refractivity contribution >= 4 is 50.7 Å². The minimum absolute atomic E-state index is 0.108. The van der Waals surface area contributed by atoms with E-state index < -0.39 is 10.0 Å². The van der Waals surface area contributed by atoms with Gasteiger partial charge in [0.25, 0.3) is 15.9 Å². The third-order valence-corrected chi connectivity index (χ3v) is 9.60. The number of rotatable bonds is 11. The number of hydrogen-bond donors (Lipinski definition) is 1. The molecule has 218 valence electrons. The number of hydrogen-bond acceptors (Lipinski definition) is 5. The van der Waals surface area contributed by atoms with Gasteiger partial charge in [-0.25, -0.2) is 8.42 Å². The Morgan fingerprint density at radius 3 is 2.16 bits per heavy atom. The molecule has 0 aliphatic rings. The summed E-state index contributed by atoms with van der Waals surface area (Å²) < 4.78 is 34.6. The summed E-state index contributed by atoms with van der Waals surface area (Å²) in [5.41, 5.74) is 2.90. The first-order chi connectivity index (χ1) is 20.8. The van der Waals surface area contributed by atoms with Crippen molar-refractivity contribution < 1.29 is 17.9 Å². The minimum atomic E-state index is -3.89. The highest BCUT2D eigenvalue weighted by Gasteiger charge is 2.25. The summed E-state index contributed by atoms with van der Waals surface area (Å²) in [6, 6.07) is 38.0. The van der Waals surface area contributed by atoms with Crippen molar-refractivity contribution in [1.82, 2.24) is 0 Å². The lowest BCUT2D eigenvalue weighted by atomic mass is 10.2. The van der Waals surface area contributed by atoms with Crippen LogP contribution in [0.2, 0.25) is 5.02 Å². The van der Waals surface area contributed by atoms with Crippen LogP contribution in [0.4, 0.5) is 11.4 Å². The van der Waals surface area contributed by atoms with Gasteiger partial charge in [0.15, 0.2) is 6.61 Å². The van der Waals surface area contributed by atoms with Crippen LogP contribution in [-0.2, 0) is 21.4 Å². The number of nitrogens with zero attached hydrogens (tertiary/aromatic N) is 1. The van der Waals surface area contributed by atoms with E-state index in [9.17, 15) is 13.2 Å². The largest absolute Gasteiger partial charge is 0.484 e. The fraction of sp³-hybridized carbons (Fsp3) is 0.0882. The number of anilines is 2. The minimum Gasteiger partial charge on any atom is -0.484 e. The first kappa shape index (κ1) is 30.2. The van der Waals surface area contributed by atoms with Crippen LogP contribution in [-0.4, -0.2) is 20.9 Å². The zero-order valence-electron chi connectivity index (χ0n) is 23.3. The third-order valence-electron chi connectivity index (χ3n) is 6.48. The fourth-order valence-corrected chi connectivity index (χ4v) is 6.73. The monoisotopic (exact) mass is 628 g/mol. The quantitative estimate of drug-likeness (QED) is 0.160. The Morgan fingerprint density at radius 2 is 1.47 bits per heavy atom. The highest BCUT2D eigenvalue weighted by atomic mass is 35.5. The lowest BCUT2D eigenvalue weighted by Gasteiger charge is -2.25. The van der Waals surface area contributed by atoms with E-state index in [1.807, 2.05) is 61.5 Å². The van der Waals surface area contributed by atoms with Crippen molar-refractivity contribution in [1.29, 1.82) is 0 Å². The molecule has 0 aliphatic heterocycles. The molecule has 0 heterocycles. The van der Waals surface area contributed by atoms with E-state index in [0.29, 0.717) is 22.1 Å². The van der Waals surface area contributed by atoms with Gasteiger partial charge < -0.3 is 10.1 Å². The van der Waals surface area contributed by atoms with Crippen molar-refractivity contribution in [3.8, 4) is 5.75 Å². The number of para-hydroxylation sites is 1. The number of halogens is 1. The molecule has 5 aromatic rings. The van der Waals surface area contributed by atoms with E-state index >= 15 is 0 Å². The molecule has 0 bridgehead atoms. The molecule has 43 heavy (non-hydrogen) atoms. The molecular weight excluding hydrogens is 600 g/mol. The molecule has 0 saturated heterocycles. The summed E-state index contributed by atoms with van der Waals surface area (Å²) in [6.45, 7) is 1.81. The maximum atomic E-state index is 13.7. The van der Waals surface area contributed by atoms with Crippen LogP contribution >= 0.6 is 23.4 Å². The number of ether oxygens (including phenoxy) is 1. The average molecular weight is 629 g/mol. The topological polar surface area (TPSA) is 75.7 Å². The first-order valence-corrected chi connectivity index (χ1v) is 16.1. The van der Waals surface area contributed by atoms with Crippen molar-refractivity contribution in [2.45, 2.75) is 28.2 Å². The summed E-state index contributed by atoms with van der Waals surface area (Å²) >= 11 is 7.61. The second-order valence-electron chi connectivity index (χ2n) is 9.69. The van der Waals surface area contributed by atoms with Gasteiger partial charge in [-0.05, 0) is 85.3 Å². The molecule has 0 fully saturated rings. The van der Waals surface area contributed by atoms with Crippen molar-refractivity contribution in [2.75, 3.05) is 16.2 Å². The van der Waals surface area contributed by atoms with Gasteiger partial charge in [0, 0.05) is 14.8 Å². The van der Waals surface area contributed by atoms with E-state index in [4.69, 9.17) is 16.3 Å². The fourth-order valence-electron chi connectivity index (χ4n) is 4.23. The number of amides is 1. The molecule has 1 N–H and O–H groups in total. The molecule has 0 atom stereocenters. The number of nitrogens with one attached hydrogen (secondary N) is 1. The standard InChI is InChI=1S/C34H29ClN2O4S2/c1-25-11-21-31(22-12-25)43(39,40)37(23-26-13-15-27(35)16-14-26)28-17-19-29(20-18-28)41-24-34(38)36-32-9-5-6-10-33(32)42-30-7-3-2-4-8-30/h2-22H,23-24H2,1H3,(H,36,38). The van der Waals surface area contributed by atoms with Crippen LogP contribution < -0.4 is 14.4 Å². The summed E-state index contributed by atoms with van der Waals surface area (Å²) in [4.78, 5) is 14.9. The normalized spacial score (nSPS) is 11.1. The lowest BCUT2D eigenvalue weighted by molar-refractivity contribution is -0.118. The number of carbonyl (C=O) groups excluding carboxylic acids is 1. The zero-order chi connectivity index (χ0) is 30.2. The number of sulfonamides is 1. The van der Waals surface area contributed by atoms with E-state index in [2.05, 4.69) is 5.32 Å². The Morgan fingerprint density at radius 1 is 0.814 bits per heavy atom. The molecule has 5 aromatic carbocycles. The van der Waals surface area contributed by atoms with Gasteiger partial charge in [-0.15, -0.1) is 0 Å². The van der Waals surface area contributed by atoms with Crippen LogP contribution in [0.25, 0.3) is 0 Å². The maximum Gasteiger partial charge on any atom is 0.264 e. The molecule has 5 rings (SSSR count). The van der Waals surface area contributed by atoms with Gasteiger partial charge in [0.2, 0.25) is 0 Å². The maximum absolute atomic E-state index is 13.7. The van der Waals surface area contributed by atoms with Gasteiger partial charge in [-0.1, -0.05) is 83.5 Å². The van der Waals surface area contributed by atoms with Gasteiger partial charge >= 0.3 is 0 Å². The van der Waals surface area contributed by atoms with Crippen LogP contribution in [0.15, 0.2) is 142 Å². The van der Waals surface area contributed by atoms with E-state index in [1.54, 1.807) is 84.6 Å². The molecular formula is C34H29ClN2O4S2. The number of carbonyl (C=O) groups is 1. The van der Waals surface area contributed by atoms with Crippen LogP contribution in [0.1, 0.15) is 11.1 Å². The van der Waals surface area contributed by atoms with Crippen molar-refractivity contribution in [3.05, 3.63) is 144 Å². The highest BCUT2D eigenvalue weighted by Crippen LogP contribution is 2.33. The Kier molecular flexibility index (Phi) is 9.72. The smallest absolute Gasteiger partial charge is 0.264 e. The number of aryl methyl sites for hydroxylation is 1. The second kappa shape index (κ2) is 13.8. The lowest BCUT2D eigenvalue weighted by Crippen LogP contribution is -2.30. The molecule has 0 saturated carbocycles. The van der Waals surface area contributed by atoms with E-state index in [1.165, 1.54) is 4.31 Å². The molecule has 0 unspecified atom stereocenters. The summed E-state index contributed by atoms with van der Waals surface area (Å²) in [6.07, 6.45) is 0. The average Bonchev–Trinajstić information content (AvgIpc) is 3.02. The van der Waals surface area contributed by atoms with E-state index in [0.717, 1.165) is 20.9 Å². The molecule has 0 aliphatic carbocycles. The SMILES string of the molecule is Cc1ccc(S(=O)(=O)N(Cc2ccc(Cl)cc2)c2ccc(OCC(=O)Nc3ccccc3Sc3ccccc3)cc2)cc1. The summed E-state index contributed by atoms with van der Waals surface area (Å²) in [5.74, 6) is 0.126. The summed E-state index contributed by atoms with van der Waals surface area (Å²) in [7, 11) is -3.89. The Bertz CT molecular complexity index is 1780. The van der Waals surface area contributed by atoms with Crippen molar-refractivity contribution in [3.63, 3.8) is 0 Å². The predicted octanol–water partition coefficient (Wildman–Crippen LogP) is 8.21. The highest BCUT2D eigenvalue weighted by molar-refractivity contribution is 7.99. The van der Waals surface area contributed by atoms with Gasteiger partial charge in [-0.2, -0.15) is 0 Å². The second-order valence-corrected chi connectivity index (χ2v) is 13.1. The Labute approximate surface area is 261 Å². The molecule has 1 amide bonds. The Hall–Kier alpha value is -4.24. The number of benzene rings is 5.